The largest absolute Gasteiger partial charge is 0.491 e. The highest BCUT2D eigenvalue weighted by Crippen LogP contribution is 2.13. The predicted molar refractivity (Wildman–Crippen MR) is 86.7 cm³/mol. The Hall–Kier alpha value is -1.39. The number of likely N-dealkylation sites (tertiary alicyclic amines) is 1. The number of Topliss-reactive ketones (excluding diaryl/α,β-unsaturated/α-hetero) is 1. The summed E-state index contributed by atoms with van der Waals surface area (Å²) in [6, 6.07) is 7.29. The van der Waals surface area contributed by atoms with E-state index in [0.717, 1.165) is 24.8 Å². The fourth-order valence-corrected chi connectivity index (χ4v) is 2.97. The number of benzene rings is 1. The number of hydrogen-bond donors (Lipinski definition) is 1. The number of carbonyl (C=O) groups is 1. The van der Waals surface area contributed by atoms with Crippen molar-refractivity contribution in [3.8, 4) is 5.75 Å². The molecule has 22 heavy (non-hydrogen) atoms. The zero-order valence-electron chi connectivity index (χ0n) is 13.8. The van der Waals surface area contributed by atoms with Gasteiger partial charge in [0.05, 0.1) is 26.3 Å². The molecule has 1 fully saturated rings. The second kappa shape index (κ2) is 8.91. The molecule has 122 valence electrons. The Kier molecular flexibility index (Phi) is 6.87. The number of ether oxygens (including phenoxy) is 2. The van der Waals surface area contributed by atoms with Crippen molar-refractivity contribution in [3.05, 3.63) is 29.8 Å². The van der Waals surface area contributed by atoms with Crippen LogP contribution < -0.4 is 9.64 Å². The normalized spacial score (nSPS) is 21.5. The molecule has 0 saturated carbocycles. The Morgan fingerprint density at radius 2 is 2.18 bits per heavy atom. The molecule has 0 amide bonds. The van der Waals surface area contributed by atoms with Gasteiger partial charge in [0.2, 0.25) is 0 Å². The maximum absolute atomic E-state index is 11.3. The Balaban J connectivity index is 1.57. The second-order valence-corrected chi connectivity index (χ2v) is 6.25. The van der Waals surface area contributed by atoms with Crippen LogP contribution in [0.3, 0.4) is 0 Å². The third kappa shape index (κ3) is 5.78. The van der Waals surface area contributed by atoms with E-state index in [0.29, 0.717) is 18.8 Å². The van der Waals surface area contributed by atoms with E-state index in [1.54, 1.807) is 24.0 Å². The fourth-order valence-electron chi connectivity index (χ4n) is 2.97. The molecule has 0 bridgehead atoms. The SMILES string of the molecule is CC(=O)c1cccc(OCCOCC[NH+]2CCC[C@@H](C)C2)c1. The van der Waals surface area contributed by atoms with Gasteiger partial charge in [-0.1, -0.05) is 19.1 Å². The first-order valence-electron chi connectivity index (χ1n) is 8.30. The summed E-state index contributed by atoms with van der Waals surface area (Å²) >= 11 is 0. The van der Waals surface area contributed by atoms with Crippen LogP contribution in [0.25, 0.3) is 0 Å². The molecule has 1 aromatic carbocycles. The Bertz CT molecular complexity index is 475. The van der Waals surface area contributed by atoms with Gasteiger partial charge in [0, 0.05) is 11.5 Å². The van der Waals surface area contributed by atoms with Crippen LogP contribution in [0.2, 0.25) is 0 Å². The van der Waals surface area contributed by atoms with E-state index in [9.17, 15) is 4.79 Å². The van der Waals surface area contributed by atoms with Crippen LogP contribution in [0, 0.1) is 5.92 Å². The van der Waals surface area contributed by atoms with E-state index in [1.165, 1.54) is 25.9 Å². The first kappa shape index (κ1) is 17.0. The number of hydrogen-bond acceptors (Lipinski definition) is 3. The zero-order chi connectivity index (χ0) is 15.8. The molecule has 1 saturated heterocycles. The average Bonchev–Trinajstić information content (AvgIpc) is 2.51. The zero-order valence-corrected chi connectivity index (χ0v) is 13.8. The molecule has 1 aromatic rings. The van der Waals surface area contributed by atoms with Crippen molar-refractivity contribution in [2.45, 2.75) is 26.7 Å². The van der Waals surface area contributed by atoms with Crippen LogP contribution >= 0.6 is 0 Å². The molecular weight excluding hydrogens is 278 g/mol. The van der Waals surface area contributed by atoms with E-state index in [4.69, 9.17) is 9.47 Å². The summed E-state index contributed by atoms with van der Waals surface area (Å²) in [4.78, 5) is 13.0. The minimum absolute atomic E-state index is 0.0560. The highest BCUT2D eigenvalue weighted by molar-refractivity contribution is 5.94. The lowest BCUT2D eigenvalue weighted by Crippen LogP contribution is -3.14. The third-order valence-corrected chi connectivity index (χ3v) is 4.20. The smallest absolute Gasteiger partial charge is 0.159 e. The summed E-state index contributed by atoms with van der Waals surface area (Å²) in [7, 11) is 0. The molecule has 0 spiro atoms. The molecule has 4 nitrogen and oxygen atoms in total. The molecule has 1 N–H and O–H groups in total. The summed E-state index contributed by atoms with van der Waals surface area (Å²) < 4.78 is 11.3. The minimum atomic E-state index is 0.0560. The van der Waals surface area contributed by atoms with Crippen molar-refractivity contribution in [2.75, 3.05) is 39.5 Å². The molecule has 0 aromatic heterocycles. The van der Waals surface area contributed by atoms with E-state index in [2.05, 4.69) is 6.92 Å². The second-order valence-electron chi connectivity index (χ2n) is 6.25. The summed E-state index contributed by atoms with van der Waals surface area (Å²) in [6.45, 7) is 9.44. The van der Waals surface area contributed by atoms with Gasteiger partial charge in [0.25, 0.3) is 0 Å². The molecule has 2 atom stereocenters. The van der Waals surface area contributed by atoms with E-state index >= 15 is 0 Å². The summed E-state index contributed by atoms with van der Waals surface area (Å²) in [6.07, 6.45) is 2.71. The molecule has 4 heteroatoms. The van der Waals surface area contributed by atoms with Crippen molar-refractivity contribution in [3.63, 3.8) is 0 Å². The van der Waals surface area contributed by atoms with E-state index in [1.807, 2.05) is 12.1 Å². The van der Waals surface area contributed by atoms with Gasteiger partial charge in [-0.25, -0.2) is 0 Å². The number of nitrogens with one attached hydrogen (secondary N) is 1. The number of quaternary nitrogens is 1. The van der Waals surface area contributed by atoms with Gasteiger partial charge in [-0.15, -0.1) is 0 Å². The third-order valence-electron chi connectivity index (χ3n) is 4.20. The van der Waals surface area contributed by atoms with Crippen LogP contribution in [0.5, 0.6) is 5.75 Å². The van der Waals surface area contributed by atoms with Gasteiger partial charge in [-0.05, 0) is 31.9 Å². The van der Waals surface area contributed by atoms with Crippen molar-refractivity contribution in [2.24, 2.45) is 5.92 Å². The van der Waals surface area contributed by atoms with Gasteiger partial charge < -0.3 is 14.4 Å². The lowest BCUT2D eigenvalue weighted by molar-refractivity contribution is -0.908. The van der Waals surface area contributed by atoms with Crippen LogP contribution in [0.4, 0.5) is 0 Å². The molecule has 0 radical (unpaired) electrons. The standard InChI is InChI=1S/C18H27NO3/c1-15-5-4-8-19(14-15)9-10-21-11-12-22-18-7-3-6-17(13-18)16(2)20/h3,6-7,13,15H,4-5,8-12,14H2,1-2H3/p+1/t15-/m1/s1. The number of rotatable bonds is 8. The molecule has 1 heterocycles. The summed E-state index contributed by atoms with van der Waals surface area (Å²) in [5, 5.41) is 0. The van der Waals surface area contributed by atoms with Gasteiger partial charge in [0.15, 0.2) is 5.78 Å². The van der Waals surface area contributed by atoms with Crippen LogP contribution in [0.15, 0.2) is 24.3 Å². The van der Waals surface area contributed by atoms with E-state index < -0.39 is 0 Å². The number of carbonyl (C=O) groups excluding carboxylic acids is 1. The summed E-state index contributed by atoms with van der Waals surface area (Å²) in [5.74, 6) is 1.63. The first-order valence-corrected chi connectivity index (χ1v) is 8.30. The minimum Gasteiger partial charge on any atom is -0.491 e. The van der Waals surface area contributed by atoms with E-state index in [-0.39, 0.29) is 5.78 Å². The van der Waals surface area contributed by atoms with Crippen molar-refractivity contribution in [1.29, 1.82) is 0 Å². The molecule has 2 rings (SSSR count). The van der Waals surface area contributed by atoms with Crippen molar-refractivity contribution >= 4 is 5.78 Å². The van der Waals surface area contributed by atoms with Gasteiger partial charge in [0.1, 0.15) is 18.9 Å². The Morgan fingerprint density at radius 1 is 1.32 bits per heavy atom. The van der Waals surface area contributed by atoms with Crippen LogP contribution in [-0.4, -0.2) is 45.2 Å². The fraction of sp³-hybridized carbons (Fsp3) is 0.611. The lowest BCUT2D eigenvalue weighted by Gasteiger charge is -2.27. The Labute approximate surface area is 133 Å². The monoisotopic (exact) mass is 306 g/mol. The Morgan fingerprint density at radius 3 is 2.95 bits per heavy atom. The summed E-state index contributed by atoms with van der Waals surface area (Å²) in [5.41, 5.74) is 0.682. The highest BCUT2D eigenvalue weighted by atomic mass is 16.5. The number of ketones is 1. The lowest BCUT2D eigenvalue weighted by atomic mass is 10.0. The molecule has 0 aliphatic carbocycles. The van der Waals surface area contributed by atoms with Crippen LogP contribution in [-0.2, 0) is 4.74 Å². The molecular formula is C18H28NO3+. The molecule has 1 unspecified atom stereocenters. The number of piperidine rings is 1. The van der Waals surface area contributed by atoms with Crippen LogP contribution in [0.1, 0.15) is 37.0 Å². The topological polar surface area (TPSA) is 40.0 Å². The predicted octanol–water partition coefficient (Wildman–Crippen LogP) is 1.60. The maximum Gasteiger partial charge on any atom is 0.159 e. The maximum atomic E-state index is 11.3. The van der Waals surface area contributed by atoms with Gasteiger partial charge in [-0.3, -0.25) is 4.79 Å². The quantitative estimate of drug-likeness (QED) is 0.586. The molecule has 1 aliphatic rings. The van der Waals surface area contributed by atoms with Gasteiger partial charge in [-0.2, -0.15) is 0 Å². The highest BCUT2D eigenvalue weighted by Gasteiger charge is 2.18. The van der Waals surface area contributed by atoms with Crippen molar-refractivity contribution in [1.82, 2.24) is 0 Å². The first-order chi connectivity index (χ1) is 10.6. The van der Waals surface area contributed by atoms with Gasteiger partial charge >= 0.3 is 0 Å². The van der Waals surface area contributed by atoms with Crippen molar-refractivity contribution < 1.29 is 19.2 Å². The molecule has 1 aliphatic heterocycles. The average molecular weight is 306 g/mol.